The van der Waals surface area contributed by atoms with Crippen molar-refractivity contribution in [1.29, 1.82) is 0 Å². The highest BCUT2D eigenvalue weighted by Gasteiger charge is 2.81. The average molecular weight is 828 g/mol. The van der Waals surface area contributed by atoms with Crippen LogP contribution in [0, 0.1) is 45.8 Å². The fourth-order valence-corrected chi connectivity index (χ4v) is 13.5. The Balaban J connectivity index is 1.24. The van der Waals surface area contributed by atoms with E-state index in [0.29, 0.717) is 25.3 Å². The lowest BCUT2D eigenvalue weighted by atomic mass is 9.67. The van der Waals surface area contributed by atoms with Gasteiger partial charge in [-0.2, -0.15) is 12.7 Å². The van der Waals surface area contributed by atoms with E-state index in [9.17, 15) is 27.6 Å². The van der Waals surface area contributed by atoms with Gasteiger partial charge in [0, 0.05) is 31.5 Å². The summed E-state index contributed by atoms with van der Waals surface area (Å²) in [6.07, 6.45) is 11.2. The third-order valence-corrected chi connectivity index (χ3v) is 17.6. The number of likely N-dealkylation sites (tertiary alicyclic amines) is 1. The van der Waals surface area contributed by atoms with Crippen LogP contribution in [0.25, 0.3) is 0 Å². The number of likely N-dealkylation sites (N-methyl/N-ethyl adjacent to an activating group) is 1. The van der Waals surface area contributed by atoms with Crippen LogP contribution in [0.15, 0.2) is 12.7 Å². The second kappa shape index (κ2) is 15.5. The quantitative estimate of drug-likeness (QED) is 0.217. The summed E-state index contributed by atoms with van der Waals surface area (Å²) in [6.45, 7) is 18.0. The Bertz CT molecular complexity index is 1800. The number of carbonyl (C=O) groups is 5. The van der Waals surface area contributed by atoms with Crippen molar-refractivity contribution < 1.29 is 32.4 Å². The number of nitrogens with one attached hydrogen (secondary N) is 4. The predicted molar refractivity (Wildman–Crippen MR) is 220 cm³/mol. The summed E-state index contributed by atoms with van der Waals surface area (Å²) in [5.41, 5.74) is -2.83. The highest BCUT2D eigenvalue weighted by Crippen LogP contribution is 2.82. The molecule has 4 aliphatic carbocycles. The molecule has 15 heteroatoms. The molecule has 0 aromatic rings. The van der Waals surface area contributed by atoms with E-state index in [1.807, 2.05) is 27.7 Å². The SMILES string of the molecule is C=CC1CC1(NC(=O)C1CC23CN1C(=O)C(C(C)(C)C)NC(=O)C(NC(=O)C1CCCN1CC)C1CCCC(C1)C2(C)C3C1CCC1)C(=O)NS(=O)(=O)N(C)CCC. The smallest absolute Gasteiger partial charge is 0.303 e. The number of amides is 5. The van der Waals surface area contributed by atoms with Gasteiger partial charge in [-0.15, -0.1) is 6.58 Å². The first-order valence-electron chi connectivity index (χ1n) is 22.2. The maximum atomic E-state index is 15.2. The van der Waals surface area contributed by atoms with E-state index in [-0.39, 0.29) is 65.3 Å². The number of rotatable bonds is 12. The molecule has 7 fully saturated rings. The maximum absolute atomic E-state index is 15.2. The summed E-state index contributed by atoms with van der Waals surface area (Å²) in [6, 6.07) is -3.03. The maximum Gasteiger partial charge on any atom is 0.303 e. The Morgan fingerprint density at radius 3 is 2.28 bits per heavy atom. The van der Waals surface area contributed by atoms with Gasteiger partial charge in [0.2, 0.25) is 23.6 Å². The molecule has 3 saturated heterocycles. The van der Waals surface area contributed by atoms with Crippen LogP contribution in [0.4, 0.5) is 0 Å². The van der Waals surface area contributed by atoms with Crippen molar-refractivity contribution in [2.45, 2.75) is 148 Å². The normalized spacial score (nSPS) is 39.1. The lowest BCUT2D eigenvalue weighted by Gasteiger charge is -2.41. The molecule has 0 aromatic heterocycles. The molecule has 324 valence electrons. The minimum absolute atomic E-state index is 0.0980. The van der Waals surface area contributed by atoms with E-state index in [2.05, 4.69) is 46.0 Å². The van der Waals surface area contributed by atoms with Gasteiger partial charge in [0.15, 0.2) is 0 Å². The molecule has 0 radical (unpaired) electrons. The van der Waals surface area contributed by atoms with Gasteiger partial charge in [-0.25, -0.2) is 4.72 Å². The monoisotopic (exact) mass is 827 g/mol. The third kappa shape index (κ3) is 7.10. The topological polar surface area (TPSA) is 177 Å². The Morgan fingerprint density at radius 1 is 0.983 bits per heavy atom. The van der Waals surface area contributed by atoms with Crippen LogP contribution in [0.5, 0.6) is 0 Å². The average Bonchev–Trinajstić information content (AvgIpc) is 3.72. The summed E-state index contributed by atoms with van der Waals surface area (Å²) in [5.74, 6) is -1.78. The molecule has 14 nitrogen and oxygen atoms in total. The Labute approximate surface area is 346 Å². The molecule has 58 heavy (non-hydrogen) atoms. The van der Waals surface area contributed by atoms with E-state index < -0.39 is 57.0 Å². The van der Waals surface area contributed by atoms with Crippen LogP contribution in [0.2, 0.25) is 0 Å². The van der Waals surface area contributed by atoms with Gasteiger partial charge in [-0.1, -0.05) is 73.3 Å². The standard InChI is InChI=1S/C43H69N7O7S/c1-9-20-48(8)58(56,57)47-39(55)43(23-28(43)10-2)46-36(52)31-24-42-25-50(31)38(54)34(40(4,5)6)45-37(53)32(44-35(51)30-19-14-21-49(30)11-3)27-17-13-18-29(22-27)41(42,7)33(42)26-15-12-16-26/h10,26-34H,2,9,11-25H2,1,3-8H3,(H,44,51)(H,45,53)(H,46,52)(H,47,55). The van der Waals surface area contributed by atoms with Crippen LogP contribution in [0.1, 0.15) is 119 Å². The molecule has 4 N–H and O–H groups in total. The molecule has 5 amide bonds. The van der Waals surface area contributed by atoms with E-state index in [0.717, 1.165) is 75.2 Å². The van der Waals surface area contributed by atoms with Gasteiger partial charge in [0.25, 0.3) is 5.91 Å². The van der Waals surface area contributed by atoms with Crippen LogP contribution in [-0.4, -0.2) is 115 Å². The molecule has 4 bridgehead atoms. The van der Waals surface area contributed by atoms with E-state index in [4.69, 9.17) is 0 Å². The van der Waals surface area contributed by atoms with E-state index in [1.165, 1.54) is 7.05 Å². The van der Waals surface area contributed by atoms with E-state index in [1.54, 1.807) is 11.0 Å². The number of hydrogen-bond donors (Lipinski definition) is 4. The van der Waals surface area contributed by atoms with Crippen LogP contribution < -0.4 is 20.7 Å². The Morgan fingerprint density at radius 2 is 1.67 bits per heavy atom. The third-order valence-electron chi connectivity index (χ3n) is 16.1. The summed E-state index contributed by atoms with van der Waals surface area (Å²) in [4.78, 5) is 76.5. The number of nitrogens with zero attached hydrogens (tertiary/aromatic N) is 3. The lowest BCUT2D eigenvalue weighted by molar-refractivity contribution is -0.145. The number of carbonyl (C=O) groups excluding carboxylic acids is 5. The molecule has 4 saturated carbocycles. The summed E-state index contributed by atoms with van der Waals surface area (Å²) < 4.78 is 29.5. The highest BCUT2D eigenvalue weighted by atomic mass is 32.2. The Kier molecular flexibility index (Phi) is 11.5. The van der Waals surface area contributed by atoms with Gasteiger partial charge in [-0.05, 0) is 99.0 Å². The van der Waals surface area contributed by atoms with Crippen molar-refractivity contribution in [1.82, 2.24) is 34.8 Å². The lowest BCUT2D eigenvalue weighted by Crippen LogP contribution is -2.63. The van der Waals surface area contributed by atoms with Crippen molar-refractivity contribution >= 4 is 39.7 Å². The van der Waals surface area contributed by atoms with Crippen molar-refractivity contribution in [3.8, 4) is 0 Å². The second-order valence-electron chi connectivity index (χ2n) is 20.3. The van der Waals surface area contributed by atoms with Gasteiger partial charge >= 0.3 is 10.2 Å². The predicted octanol–water partition coefficient (Wildman–Crippen LogP) is 3.09. The molecular weight excluding hydrogens is 759 g/mol. The van der Waals surface area contributed by atoms with Crippen LogP contribution >= 0.6 is 0 Å². The molecule has 11 unspecified atom stereocenters. The van der Waals surface area contributed by atoms with E-state index >= 15 is 4.79 Å². The van der Waals surface area contributed by atoms with Crippen molar-refractivity contribution in [2.24, 2.45) is 45.8 Å². The Hall–Kier alpha value is -3.04. The fourth-order valence-electron chi connectivity index (χ4n) is 12.6. The molecule has 3 aliphatic heterocycles. The first kappa shape index (κ1) is 43.1. The van der Waals surface area contributed by atoms with Gasteiger partial charge in [0.05, 0.1) is 6.04 Å². The van der Waals surface area contributed by atoms with Crippen LogP contribution in [-0.2, 0) is 34.2 Å². The molecule has 0 aromatic carbocycles. The largest absolute Gasteiger partial charge is 0.343 e. The zero-order chi connectivity index (χ0) is 42.2. The molecule has 3 heterocycles. The molecule has 7 rings (SSSR count). The second-order valence-corrected chi connectivity index (χ2v) is 22.0. The number of hydrogen-bond acceptors (Lipinski definition) is 8. The fraction of sp³-hybridized carbons (Fsp3) is 0.837. The molecule has 11 atom stereocenters. The summed E-state index contributed by atoms with van der Waals surface area (Å²) in [7, 11) is -2.77. The summed E-state index contributed by atoms with van der Waals surface area (Å²) in [5, 5.41) is 9.36. The van der Waals surface area contributed by atoms with Gasteiger partial charge in [-0.3, -0.25) is 28.9 Å². The van der Waals surface area contributed by atoms with Crippen LogP contribution in [0.3, 0.4) is 0 Å². The molecule has 7 aliphatic rings. The van der Waals surface area contributed by atoms with Gasteiger partial charge < -0.3 is 20.9 Å². The zero-order valence-electron chi connectivity index (χ0n) is 35.9. The molecular formula is C43H69N7O7S. The van der Waals surface area contributed by atoms with Gasteiger partial charge in [0.1, 0.15) is 23.7 Å². The zero-order valence-corrected chi connectivity index (χ0v) is 36.7. The van der Waals surface area contributed by atoms with Crippen molar-refractivity contribution in [3.63, 3.8) is 0 Å². The number of fused-ring (bicyclic) bond motifs is 4. The summed E-state index contributed by atoms with van der Waals surface area (Å²) >= 11 is 0. The minimum atomic E-state index is -4.17. The first-order chi connectivity index (χ1) is 27.3. The van der Waals surface area contributed by atoms with Crippen molar-refractivity contribution in [2.75, 3.05) is 33.2 Å². The minimum Gasteiger partial charge on any atom is -0.343 e. The van der Waals surface area contributed by atoms with Crippen molar-refractivity contribution in [3.05, 3.63) is 12.7 Å². The highest BCUT2D eigenvalue weighted by molar-refractivity contribution is 7.87. The molecule has 1 spiro atoms. The first-order valence-corrected chi connectivity index (χ1v) is 23.6.